The van der Waals surface area contributed by atoms with Crippen molar-refractivity contribution >= 4 is 53.1 Å². The quantitative estimate of drug-likeness (QED) is 0.388. The molecular weight excluding hydrogens is 477 g/mol. The minimum Gasteiger partial charge on any atom is -0.367 e. The van der Waals surface area contributed by atoms with Crippen molar-refractivity contribution in [1.29, 1.82) is 0 Å². The van der Waals surface area contributed by atoms with Gasteiger partial charge in [-0.3, -0.25) is 4.79 Å². The molecule has 2 saturated heterocycles. The molecule has 1 aromatic rings. The average molecular weight is 506 g/mol. The van der Waals surface area contributed by atoms with E-state index in [1.807, 2.05) is 23.1 Å². The molecule has 8 heteroatoms. The van der Waals surface area contributed by atoms with Crippen molar-refractivity contribution in [3.8, 4) is 0 Å². The Labute approximate surface area is 183 Å². The molecule has 6 nitrogen and oxygen atoms in total. The number of hydrogen-bond donors (Lipinski definition) is 1. The van der Waals surface area contributed by atoms with Crippen molar-refractivity contribution in [3.63, 3.8) is 0 Å². The number of anilines is 1. The summed E-state index contributed by atoms with van der Waals surface area (Å²) in [6, 6.07) is 7.96. The molecule has 2 aliphatic heterocycles. The fraction of sp³-hybridized carbons (Fsp3) is 0.579. The van der Waals surface area contributed by atoms with Crippen molar-refractivity contribution in [2.24, 2.45) is 4.99 Å². The van der Waals surface area contributed by atoms with Crippen LogP contribution in [0.2, 0.25) is 5.02 Å². The Morgan fingerprint density at radius 2 is 1.74 bits per heavy atom. The lowest BCUT2D eigenvalue weighted by atomic mass is 10.2. The molecule has 2 heterocycles. The van der Waals surface area contributed by atoms with Gasteiger partial charge >= 0.3 is 0 Å². The van der Waals surface area contributed by atoms with Gasteiger partial charge < -0.3 is 20.0 Å². The minimum absolute atomic E-state index is 0. The smallest absolute Gasteiger partial charge is 0.244 e. The summed E-state index contributed by atoms with van der Waals surface area (Å²) >= 11 is 6.32. The molecule has 150 valence electrons. The maximum atomic E-state index is 12.3. The molecule has 0 bridgehead atoms. The first-order valence-electron chi connectivity index (χ1n) is 9.49. The number of benzene rings is 1. The van der Waals surface area contributed by atoms with E-state index in [-0.39, 0.29) is 36.4 Å². The highest BCUT2D eigenvalue weighted by Gasteiger charge is 2.22. The first kappa shape index (κ1) is 22.1. The predicted octanol–water partition coefficient (Wildman–Crippen LogP) is 2.67. The van der Waals surface area contributed by atoms with E-state index in [4.69, 9.17) is 11.6 Å². The second kappa shape index (κ2) is 10.9. The van der Waals surface area contributed by atoms with E-state index in [1.165, 1.54) is 0 Å². The molecule has 27 heavy (non-hydrogen) atoms. The molecule has 1 amide bonds. The molecule has 0 aliphatic carbocycles. The zero-order valence-corrected chi connectivity index (χ0v) is 19.0. The van der Waals surface area contributed by atoms with Gasteiger partial charge in [-0.1, -0.05) is 23.7 Å². The largest absolute Gasteiger partial charge is 0.367 e. The normalized spacial score (nSPS) is 17.7. The molecule has 0 radical (unpaired) electrons. The SMILES string of the molecule is CCNC(=NCC(=O)N1CCCC1)N1CCN(c2ccccc2Cl)CC1.I. The van der Waals surface area contributed by atoms with Crippen LogP contribution in [-0.2, 0) is 4.79 Å². The number of piperazine rings is 1. The zero-order valence-electron chi connectivity index (χ0n) is 15.9. The van der Waals surface area contributed by atoms with Gasteiger partial charge in [0.2, 0.25) is 5.91 Å². The molecule has 2 fully saturated rings. The molecule has 2 aliphatic rings. The first-order chi connectivity index (χ1) is 12.7. The number of likely N-dealkylation sites (tertiary alicyclic amines) is 1. The Bertz CT molecular complexity index is 643. The van der Waals surface area contributed by atoms with Crippen LogP contribution in [0.4, 0.5) is 5.69 Å². The molecule has 1 aromatic carbocycles. The average Bonchev–Trinajstić information content (AvgIpc) is 3.20. The van der Waals surface area contributed by atoms with Gasteiger partial charge in [-0.2, -0.15) is 0 Å². The van der Waals surface area contributed by atoms with E-state index in [2.05, 4.69) is 33.1 Å². The lowest BCUT2D eigenvalue weighted by Crippen LogP contribution is -2.52. The van der Waals surface area contributed by atoms with Crippen LogP contribution in [0.25, 0.3) is 0 Å². The summed E-state index contributed by atoms with van der Waals surface area (Å²) in [6.45, 7) is 8.31. The highest BCUT2D eigenvalue weighted by Crippen LogP contribution is 2.26. The molecule has 0 aromatic heterocycles. The monoisotopic (exact) mass is 505 g/mol. The van der Waals surface area contributed by atoms with Crippen LogP contribution in [0, 0.1) is 0 Å². The molecule has 0 spiro atoms. The predicted molar refractivity (Wildman–Crippen MR) is 122 cm³/mol. The Morgan fingerprint density at radius 1 is 1.07 bits per heavy atom. The maximum Gasteiger partial charge on any atom is 0.244 e. The number of guanidine groups is 1. The Morgan fingerprint density at radius 3 is 2.37 bits per heavy atom. The lowest BCUT2D eigenvalue weighted by Gasteiger charge is -2.38. The fourth-order valence-electron chi connectivity index (χ4n) is 3.50. The van der Waals surface area contributed by atoms with Crippen LogP contribution < -0.4 is 10.2 Å². The summed E-state index contributed by atoms with van der Waals surface area (Å²) in [7, 11) is 0. The minimum atomic E-state index is 0. The molecule has 0 saturated carbocycles. The van der Waals surface area contributed by atoms with Gasteiger partial charge in [-0.25, -0.2) is 4.99 Å². The number of halogens is 2. The zero-order chi connectivity index (χ0) is 18.4. The molecule has 1 N–H and O–H groups in total. The van der Waals surface area contributed by atoms with Gasteiger partial charge in [-0.05, 0) is 31.9 Å². The third kappa shape index (κ3) is 5.88. The van der Waals surface area contributed by atoms with Crippen LogP contribution >= 0.6 is 35.6 Å². The first-order valence-corrected chi connectivity index (χ1v) is 9.87. The van der Waals surface area contributed by atoms with Crippen LogP contribution in [0.3, 0.4) is 0 Å². The number of hydrogen-bond acceptors (Lipinski definition) is 3. The summed E-state index contributed by atoms with van der Waals surface area (Å²) in [5.74, 6) is 0.964. The van der Waals surface area contributed by atoms with Gasteiger partial charge in [0, 0.05) is 45.8 Å². The molecule has 3 rings (SSSR count). The number of rotatable bonds is 4. The number of aliphatic imine (C=N–C) groups is 1. The Kier molecular flexibility index (Phi) is 8.95. The van der Waals surface area contributed by atoms with Crippen molar-refractivity contribution < 1.29 is 4.79 Å². The number of nitrogens with zero attached hydrogens (tertiary/aromatic N) is 4. The number of carbonyl (C=O) groups excluding carboxylic acids is 1. The summed E-state index contributed by atoms with van der Waals surface area (Å²) in [5.41, 5.74) is 1.08. The fourth-order valence-corrected chi connectivity index (χ4v) is 3.76. The second-order valence-electron chi connectivity index (χ2n) is 6.68. The standard InChI is InChI=1S/C19H28ClN5O.HI/c1-2-21-19(22-15-18(26)24-9-5-6-10-24)25-13-11-23(12-14-25)17-8-4-3-7-16(17)20;/h3-4,7-8H,2,5-6,9-15H2,1H3,(H,21,22);1H. The number of carbonyl (C=O) groups is 1. The van der Waals surface area contributed by atoms with Gasteiger partial charge in [0.25, 0.3) is 0 Å². The molecular formula is C19H29ClIN5O. The van der Waals surface area contributed by atoms with E-state index < -0.39 is 0 Å². The Hall–Kier alpha value is -1.22. The van der Waals surface area contributed by atoms with Crippen molar-refractivity contribution in [2.45, 2.75) is 19.8 Å². The van der Waals surface area contributed by atoms with Gasteiger partial charge in [-0.15, -0.1) is 24.0 Å². The molecule has 0 atom stereocenters. The van der Waals surface area contributed by atoms with Crippen LogP contribution in [0.1, 0.15) is 19.8 Å². The highest BCUT2D eigenvalue weighted by atomic mass is 127. The summed E-state index contributed by atoms with van der Waals surface area (Å²) < 4.78 is 0. The molecule has 0 unspecified atom stereocenters. The highest BCUT2D eigenvalue weighted by molar-refractivity contribution is 14.0. The van der Waals surface area contributed by atoms with Crippen molar-refractivity contribution in [1.82, 2.24) is 15.1 Å². The third-order valence-corrected chi connectivity index (χ3v) is 5.25. The van der Waals surface area contributed by atoms with Crippen molar-refractivity contribution in [3.05, 3.63) is 29.3 Å². The van der Waals surface area contributed by atoms with E-state index in [0.29, 0.717) is 0 Å². The van der Waals surface area contributed by atoms with Crippen LogP contribution in [0.5, 0.6) is 0 Å². The Balaban J connectivity index is 0.00000261. The topological polar surface area (TPSA) is 51.2 Å². The van der Waals surface area contributed by atoms with E-state index in [9.17, 15) is 4.79 Å². The summed E-state index contributed by atoms with van der Waals surface area (Å²) in [4.78, 5) is 23.3. The van der Waals surface area contributed by atoms with Gasteiger partial charge in [0.1, 0.15) is 6.54 Å². The van der Waals surface area contributed by atoms with Crippen molar-refractivity contribution in [2.75, 3.05) is 57.3 Å². The van der Waals surface area contributed by atoms with Gasteiger partial charge in [0.05, 0.1) is 10.7 Å². The van der Waals surface area contributed by atoms with E-state index in [0.717, 1.165) is 75.3 Å². The second-order valence-corrected chi connectivity index (χ2v) is 7.09. The summed E-state index contributed by atoms with van der Waals surface area (Å²) in [6.07, 6.45) is 2.22. The van der Waals surface area contributed by atoms with Gasteiger partial charge in [0.15, 0.2) is 5.96 Å². The third-order valence-electron chi connectivity index (χ3n) is 4.93. The number of para-hydroxylation sites is 1. The van der Waals surface area contributed by atoms with E-state index in [1.54, 1.807) is 0 Å². The maximum absolute atomic E-state index is 12.3. The lowest BCUT2D eigenvalue weighted by molar-refractivity contribution is -0.128. The number of amides is 1. The van der Waals surface area contributed by atoms with E-state index >= 15 is 0 Å². The summed E-state index contributed by atoms with van der Waals surface area (Å²) in [5, 5.41) is 4.11. The van der Waals surface area contributed by atoms with Crippen LogP contribution in [0.15, 0.2) is 29.3 Å². The van der Waals surface area contributed by atoms with Crippen LogP contribution in [-0.4, -0.2) is 74.0 Å². The number of nitrogens with one attached hydrogen (secondary N) is 1.